The Labute approximate surface area is 397 Å². The van der Waals surface area contributed by atoms with Gasteiger partial charge in [0.1, 0.15) is 5.58 Å². The molecule has 64 heavy (non-hydrogen) atoms. The van der Waals surface area contributed by atoms with E-state index < -0.39 is 23.6 Å². The SMILES string of the molecule is [2H]C(C)(C)c1cc(-c2ccccc2)cc(C([2H])(C)C)c1-n1ccnc1-c1[c-]cccc1.[2H]C([2H])(c1ccc(-c2ccnc(-c3[c-]ccc4c3oc3ccc5ccccc5c34)c2)cc1)C(C)(C)C.[Ir]. The fourth-order valence-electron chi connectivity index (χ4n) is 8.30. The molecule has 10 rings (SSSR count). The zero-order chi connectivity index (χ0) is 47.3. The molecule has 0 unspecified atom stereocenters. The molecule has 0 bridgehead atoms. The first kappa shape index (κ1) is 39.2. The number of hydrogen-bond donors (Lipinski definition) is 0. The van der Waals surface area contributed by atoms with Crippen LogP contribution in [0.15, 0.2) is 175 Å². The minimum absolute atomic E-state index is 0. The molecule has 4 nitrogen and oxygen atoms in total. The Kier molecular flexibility index (Phi) is 11.5. The molecule has 0 amide bonds. The molecule has 0 atom stereocenters. The van der Waals surface area contributed by atoms with E-state index in [4.69, 9.17) is 9.90 Å². The molecule has 0 aliphatic rings. The van der Waals surface area contributed by atoms with Gasteiger partial charge in [-0.2, -0.15) is 0 Å². The van der Waals surface area contributed by atoms with E-state index in [0.717, 1.165) is 83.7 Å². The van der Waals surface area contributed by atoms with Gasteiger partial charge in [-0.3, -0.25) is 4.98 Å². The summed E-state index contributed by atoms with van der Waals surface area (Å²) in [6.45, 7) is 13.4. The molecule has 1 radical (unpaired) electrons. The summed E-state index contributed by atoms with van der Waals surface area (Å²) in [4.78, 5) is 9.25. The summed E-state index contributed by atoms with van der Waals surface area (Å²) in [5, 5.41) is 4.51. The third-order valence-electron chi connectivity index (χ3n) is 11.2. The minimum Gasteiger partial charge on any atom is -0.501 e. The van der Waals surface area contributed by atoms with Crippen LogP contribution in [-0.2, 0) is 26.5 Å². The van der Waals surface area contributed by atoms with Crippen molar-refractivity contribution in [3.8, 4) is 50.6 Å². The first-order valence-electron chi connectivity index (χ1n) is 23.5. The summed E-state index contributed by atoms with van der Waals surface area (Å²) < 4.78 is 43.4. The van der Waals surface area contributed by atoms with Gasteiger partial charge in [-0.25, -0.2) is 0 Å². The Morgan fingerprint density at radius 2 is 1.36 bits per heavy atom. The van der Waals surface area contributed by atoms with Crippen LogP contribution in [0.25, 0.3) is 83.3 Å². The molecular formula is C59H53IrN3O-2. The van der Waals surface area contributed by atoms with Crippen molar-refractivity contribution in [3.05, 3.63) is 199 Å². The maximum atomic E-state index is 8.95. The summed E-state index contributed by atoms with van der Waals surface area (Å²) in [7, 11) is 0. The summed E-state index contributed by atoms with van der Waals surface area (Å²) in [6, 6.07) is 56.9. The molecule has 0 N–H and O–H groups in total. The molecule has 3 heterocycles. The number of fused-ring (bicyclic) bond motifs is 5. The van der Waals surface area contributed by atoms with Crippen molar-refractivity contribution < 1.29 is 30.0 Å². The van der Waals surface area contributed by atoms with Crippen molar-refractivity contribution in [2.24, 2.45) is 5.41 Å². The van der Waals surface area contributed by atoms with Crippen LogP contribution >= 0.6 is 0 Å². The number of nitrogens with zero attached hydrogens (tertiary/aromatic N) is 3. The van der Waals surface area contributed by atoms with E-state index in [1.54, 1.807) is 12.4 Å². The summed E-state index contributed by atoms with van der Waals surface area (Å²) in [5.74, 6) is -0.992. The van der Waals surface area contributed by atoms with Crippen LogP contribution in [-0.4, -0.2) is 14.5 Å². The van der Waals surface area contributed by atoms with Crippen LogP contribution in [0.3, 0.4) is 0 Å². The quantitative estimate of drug-likeness (QED) is 0.142. The zero-order valence-corrected chi connectivity index (χ0v) is 39.6. The number of furan rings is 1. The van der Waals surface area contributed by atoms with Crippen molar-refractivity contribution in [1.82, 2.24) is 14.5 Å². The second-order valence-electron chi connectivity index (χ2n) is 17.4. The summed E-state index contributed by atoms with van der Waals surface area (Å²) in [6.07, 6.45) is 4.06. The monoisotopic (exact) mass is 1020 g/mol. The number of imidazole rings is 1. The van der Waals surface area contributed by atoms with Gasteiger partial charge in [0, 0.05) is 55.3 Å². The molecule has 0 saturated carbocycles. The smallest absolute Gasteiger partial charge is 0.121 e. The van der Waals surface area contributed by atoms with Gasteiger partial charge in [-0.1, -0.05) is 150 Å². The number of rotatable bonds is 8. The Morgan fingerprint density at radius 1 is 0.656 bits per heavy atom. The maximum absolute atomic E-state index is 8.95. The average molecular weight is 1020 g/mol. The van der Waals surface area contributed by atoms with E-state index in [2.05, 4.69) is 82.8 Å². The van der Waals surface area contributed by atoms with Crippen LogP contribution in [0.4, 0.5) is 0 Å². The van der Waals surface area contributed by atoms with E-state index in [0.29, 0.717) is 5.56 Å². The number of pyridine rings is 1. The maximum Gasteiger partial charge on any atom is 0.121 e. The molecular weight excluding hydrogens is 959 g/mol. The summed E-state index contributed by atoms with van der Waals surface area (Å²) in [5.41, 5.74) is 11.0. The number of hydrogen-bond acceptors (Lipinski definition) is 3. The molecule has 3 aromatic heterocycles. The standard InChI is InChI=1S/C32H26NO.C27H27N2.Ir/c1-32(2,3)20-21-11-13-22(14-12-21)24-17-18-33-28(19-24)26-9-6-10-27-30-25-8-5-4-7-23(25)15-16-29(30)34-31(26)27;1-19(2)24-17-23(21-11-7-5-8-12-21)18-25(20(3)4)26(24)29-16-15-28-27(29)22-13-9-6-10-14-22;/h4-8,10-19H,20H2,1-3H3;5-13,15-20H,1-4H3;/q2*-1;/i20D2;19D,20D;. The predicted octanol–water partition coefficient (Wildman–Crippen LogP) is 16.1. The van der Waals surface area contributed by atoms with Crippen LogP contribution in [0.1, 0.15) is 82.4 Å². The van der Waals surface area contributed by atoms with Gasteiger partial charge < -0.3 is 14.0 Å². The van der Waals surface area contributed by atoms with Crippen LogP contribution in [0, 0.1) is 17.5 Å². The molecule has 10 aromatic rings. The molecule has 0 saturated heterocycles. The molecule has 0 spiro atoms. The van der Waals surface area contributed by atoms with Gasteiger partial charge in [0.25, 0.3) is 0 Å². The van der Waals surface area contributed by atoms with Gasteiger partial charge in [0.2, 0.25) is 0 Å². The van der Waals surface area contributed by atoms with Crippen LogP contribution < -0.4 is 0 Å². The molecule has 7 aromatic carbocycles. The van der Waals surface area contributed by atoms with Gasteiger partial charge >= 0.3 is 0 Å². The molecule has 5 heteroatoms. The predicted molar refractivity (Wildman–Crippen MR) is 263 cm³/mol. The van der Waals surface area contributed by atoms with Crippen molar-refractivity contribution in [2.75, 3.05) is 0 Å². The number of benzene rings is 7. The average Bonchev–Trinajstić information content (AvgIpc) is 3.97. The van der Waals surface area contributed by atoms with Crippen molar-refractivity contribution in [3.63, 3.8) is 0 Å². The Bertz CT molecular complexity index is 3340. The molecule has 0 aliphatic carbocycles. The number of aromatic nitrogens is 3. The van der Waals surface area contributed by atoms with Gasteiger partial charge in [0.05, 0.1) is 11.4 Å². The molecule has 0 fully saturated rings. The van der Waals surface area contributed by atoms with E-state index in [9.17, 15) is 0 Å². The van der Waals surface area contributed by atoms with E-state index in [1.165, 1.54) is 10.8 Å². The molecule has 0 aliphatic heterocycles. The van der Waals surface area contributed by atoms with E-state index in [1.807, 2.05) is 150 Å². The topological polar surface area (TPSA) is 43.9 Å². The van der Waals surface area contributed by atoms with Gasteiger partial charge in [-0.05, 0) is 103 Å². The van der Waals surface area contributed by atoms with Gasteiger partial charge in [0.15, 0.2) is 0 Å². The fraction of sp³-hybridized carbons (Fsp3) is 0.186. The first-order valence-corrected chi connectivity index (χ1v) is 21.5. The Hall–Kier alpha value is -6.39. The molecule has 321 valence electrons. The fourth-order valence-corrected chi connectivity index (χ4v) is 8.30. The minimum atomic E-state index is -1.43. The van der Waals surface area contributed by atoms with E-state index >= 15 is 0 Å². The second-order valence-corrected chi connectivity index (χ2v) is 17.4. The van der Waals surface area contributed by atoms with Crippen molar-refractivity contribution in [2.45, 2.75) is 66.6 Å². The van der Waals surface area contributed by atoms with E-state index in [-0.39, 0.29) is 20.1 Å². The normalized spacial score (nSPS) is 13.0. The van der Waals surface area contributed by atoms with Crippen molar-refractivity contribution >= 4 is 32.7 Å². The third kappa shape index (κ3) is 9.15. The Morgan fingerprint density at radius 3 is 2.06 bits per heavy atom. The first-order chi connectivity index (χ1) is 31.9. The zero-order valence-electron chi connectivity index (χ0n) is 41.2. The second kappa shape index (κ2) is 18.8. The van der Waals surface area contributed by atoms with Gasteiger partial charge in [-0.15, -0.1) is 54.1 Å². The largest absolute Gasteiger partial charge is 0.501 e. The van der Waals surface area contributed by atoms with Crippen LogP contribution in [0.5, 0.6) is 0 Å². The van der Waals surface area contributed by atoms with Crippen LogP contribution in [0.2, 0.25) is 0 Å². The third-order valence-corrected chi connectivity index (χ3v) is 11.2. The summed E-state index contributed by atoms with van der Waals surface area (Å²) >= 11 is 0. The Balaban J connectivity index is 0.000000183. The van der Waals surface area contributed by atoms with Crippen molar-refractivity contribution in [1.29, 1.82) is 0 Å².